The number of aliphatic imine (C=N–C) groups is 2. The Hall–Kier alpha value is -3.04. The van der Waals surface area contributed by atoms with Gasteiger partial charge in [-0.25, -0.2) is 0 Å². The molecule has 32 heavy (non-hydrogen) atoms. The van der Waals surface area contributed by atoms with Gasteiger partial charge in [0.25, 0.3) is 0 Å². The van der Waals surface area contributed by atoms with Gasteiger partial charge >= 0.3 is 16.8 Å². The van der Waals surface area contributed by atoms with E-state index in [9.17, 15) is 10.2 Å². The first kappa shape index (κ1) is 29.0. The molecule has 0 amide bonds. The van der Waals surface area contributed by atoms with Crippen LogP contribution in [0.15, 0.2) is 46.4 Å². The molecule has 2 rings (SSSR count). The molecule has 2 aromatic carbocycles. The van der Waals surface area contributed by atoms with Crippen LogP contribution in [0.2, 0.25) is 0 Å². The summed E-state index contributed by atoms with van der Waals surface area (Å²) in [5.74, 6) is -0.842. The van der Waals surface area contributed by atoms with Crippen molar-refractivity contribution in [2.75, 3.05) is 27.3 Å². The number of ether oxygens (including phenoxy) is 2. The zero-order valence-corrected chi connectivity index (χ0v) is 19.8. The zero-order valence-electron chi connectivity index (χ0n) is 18.7. The Morgan fingerprint density at radius 3 is 1.56 bits per heavy atom. The molecule has 0 aromatic heterocycles. The second-order valence-corrected chi connectivity index (χ2v) is 7.35. The molecular weight excluding hydrogens is 459 g/mol. The van der Waals surface area contributed by atoms with E-state index in [0.29, 0.717) is 35.7 Å². The average Bonchev–Trinajstić information content (AvgIpc) is 2.70. The van der Waals surface area contributed by atoms with E-state index in [2.05, 4.69) is 9.98 Å². The minimum absolute atomic E-state index is 0. The van der Waals surface area contributed by atoms with Crippen molar-refractivity contribution < 1.29 is 46.4 Å². The van der Waals surface area contributed by atoms with Gasteiger partial charge in [-0.1, -0.05) is 49.6 Å². The molecule has 0 aliphatic rings. The van der Waals surface area contributed by atoms with E-state index in [-0.39, 0.29) is 33.7 Å². The second-order valence-electron chi connectivity index (χ2n) is 7.35. The number of nitrogens with zero attached hydrogens (tertiary/aromatic N) is 2. The van der Waals surface area contributed by atoms with Crippen molar-refractivity contribution in [2.45, 2.75) is 20.8 Å². The third-order valence-electron chi connectivity index (χ3n) is 3.96. The van der Waals surface area contributed by atoms with Gasteiger partial charge in [-0.05, 0) is 30.2 Å². The summed E-state index contributed by atoms with van der Waals surface area (Å²) >= 11 is 0. The Kier molecular flexibility index (Phi) is 12.8. The molecule has 0 bridgehead atoms. The van der Waals surface area contributed by atoms with Crippen molar-refractivity contribution in [3.05, 3.63) is 47.5 Å². The third-order valence-corrected chi connectivity index (χ3v) is 3.96. The predicted molar refractivity (Wildman–Crippen MR) is 114 cm³/mol. The van der Waals surface area contributed by atoms with Gasteiger partial charge in [0.05, 0.1) is 14.2 Å². The standard InChI is InChI=1S/C21H26N2O4.C2H4O2.Co/c1-21(2,13-22-11-15-7-5-9-17(26-3)19(15)24)14-23-12-16-8-6-10-18(27-4)20(16)25;1-2(3)4;/h5-12,24-25H,13-14H2,1-4H3;1H3,(H,3,4);/q;;+3/p-3. The summed E-state index contributed by atoms with van der Waals surface area (Å²) < 4.78 is 10.1. The Morgan fingerprint density at radius 2 is 1.25 bits per heavy atom. The van der Waals surface area contributed by atoms with Crippen molar-refractivity contribution in [3.63, 3.8) is 0 Å². The molecule has 0 radical (unpaired) electrons. The quantitative estimate of drug-likeness (QED) is 0.515. The van der Waals surface area contributed by atoms with Crippen molar-refractivity contribution in [3.8, 4) is 23.0 Å². The molecule has 174 valence electrons. The first-order valence-electron chi connectivity index (χ1n) is 9.46. The number of carboxylic acids is 1. The predicted octanol–water partition coefficient (Wildman–Crippen LogP) is 1.17. The van der Waals surface area contributed by atoms with Crippen LogP contribution < -0.4 is 24.8 Å². The van der Waals surface area contributed by atoms with E-state index < -0.39 is 5.97 Å². The molecular formula is C23H27CoN2O6. The monoisotopic (exact) mass is 486 g/mol. The fraction of sp³-hybridized carbons (Fsp3) is 0.348. The number of hydrogen-bond acceptors (Lipinski definition) is 8. The van der Waals surface area contributed by atoms with Crippen LogP contribution in [0.5, 0.6) is 23.0 Å². The van der Waals surface area contributed by atoms with Crippen LogP contribution in [0.3, 0.4) is 0 Å². The number of carboxylic acid groups (broad SMARTS) is 1. The summed E-state index contributed by atoms with van der Waals surface area (Å²) in [6, 6.07) is 10.2. The van der Waals surface area contributed by atoms with Crippen LogP contribution >= 0.6 is 0 Å². The third kappa shape index (κ3) is 9.84. The summed E-state index contributed by atoms with van der Waals surface area (Å²) in [5.41, 5.74) is 0.749. The molecule has 0 heterocycles. The van der Waals surface area contributed by atoms with E-state index in [1.54, 1.807) is 48.8 Å². The van der Waals surface area contributed by atoms with E-state index >= 15 is 0 Å². The first-order valence-corrected chi connectivity index (χ1v) is 9.46. The van der Waals surface area contributed by atoms with E-state index in [1.165, 1.54) is 14.2 Å². The zero-order chi connectivity index (χ0) is 23.4. The summed E-state index contributed by atoms with van der Waals surface area (Å²) in [5, 5.41) is 33.1. The average molecular weight is 486 g/mol. The van der Waals surface area contributed by atoms with Gasteiger partial charge in [-0.2, -0.15) is 0 Å². The Balaban J connectivity index is 0.00000177. The van der Waals surface area contributed by atoms with Crippen LogP contribution in [0, 0.1) is 5.41 Å². The number of benzene rings is 2. The van der Waals surface area contributed by atoms with E-state index in [1.807, 2.05) is 13.8 Å². The van der Waals surface area contributed by atoms with Crippen molar-refractivity contribution in [2.24, 2.45) is 15.4 Å². The van der Waals surface area contributed by atoms with E-state index in [0.717, 1.165) is 6.92 Å². The molecule has 8 nitrogen and oxygen atoms in total. The van der Waals surface area contributed by atoms with Gasteiger partial charge in [0.15, 0.2) is 0 Å². The molecule has 0 atom stereocenters. The van der Waals surface area contributed by atoms with Crippen LogP contribution in [-0.4, -0.2) is 45.7 Å². The Labute approximate surface area is 198 Å². The largest absolute Gasteiger partial charge is 3.00 e. The number of rotatable bonds is 8. The number of carbonyl (C=O) groups excluding carboxylic acids is 1. The molecule has 0 fully saturated rings. The van der Waals surface area contributed by atoms with Crippen LogP contribution in [0.4, 0.5) is 0 Å². The molecule has 0 saturated carbocycles. The van der Waals surface area contributed by atoms with Gasteiger partial charge in [-0.15, -0.1) is 0 Å². The first-order chi connectivity index (χ1) is 14.6. The fourth-order valence-corrected chi connectivity index (χ4v) is 2.42. The molecule has 0 N–H and O–H groups in total. The minimum atomic E-state index is -1.08. The fourth-order valence-electron chi connectivity index (χ4n) is 2.42. The normalized spacial score (nSPS) is 10.9. The Bertz CT molecular complexity index is 857. The number of aliphatic carboxylic acids is 1. The van der Waals surface area contributed by atoms with Gasteiger partial charge in [-0.3, -0.25) is 9.98 Å². The summed E-state index contributed by atoms with van der Waals surface area (Å²) in [7, 11) is 2.93. The molecule has 0 aliphatic heterocycles. The van der Waals surface area contributed by atoms with Gasteiger partial charge in [0.2, 0.25) is 0 Å². The number of carbonyl (C=O) groups is 1. The molecule has 9 heteroatoms. The maximum Gasteiger partial charge on any atom is 3.00 e. The summed E-state index contributed by atoms with van der Waals surface area (Å²) in [4.78, 5) is 17.7. The topological polar surface area (TPSA) is 129 Å². The summed E-state index contributed by atoms with van der Waals surface area (Å²) in [6.07, 6.45) is 3.13. The second kappa shape index (κ2) is 14.1. The van der Waals surface area contributed by atoms with Crippen LogP contribution in [0.25, 0.3) is 0 Å². The Morgan fingerprint density at radius 1 is 0.906 bits per heavy atom. The molecule has 0 saturated heterocycles. The van der Waals surface area contributed by atoms with Gasteiger partial charge in [0.1, 0.15) is 11.5 Å². The molecule has 0 unspecified atom stereocenters. The maximum atomic E-state index is 12.1. The van der Waals surface area contributed by atoms with Crippen LogP contribution in [0.1, 0.15) is 31.9 Å². The minimum Gasteiger partial charge on any atom is -0.870 e. The SMILES string of the molecule is CC(=O)[O-].COc1cccc(C=NCC(C)(C)CN=Cc2cccc(OC)c2[O-])c1[O-].[Co+3]. The maximum absolute atomic E-state index is 12.1. The van der Waals surface area contributed by atoms with Crippen molar-refractivity contribution in [1.29, 1.82) is 0 Å². The number of hydrogen-bond donors (Lipinski definition) is 0. The summed E-state index contributed by atoms with van der Waals surface area (Å²) in [6.45, 7) is 6.00. The smallest absolute Gasteiger partial charge is 0.870 e. The molecule has 0 aliphatic carbocycles. The van der Waals surface area contributed by atoms with Crippen LogP contribution in [-0.2, 0) is 21.6 Å². The van der Waals surface area contributed by atoms with Crippen molar-refractivity contribution in [1.82, 2.24) is 0 Å². The molecule has 0 spiro atoms. The molecule has 2 aromatic rings. The van der Waals surface area contributed by atoms with Crippen molar-refractivity contribution >= 4 is 18.4 Å². The van der Waals surface area contributed by atoms with E-state index in [4.69, 9.17) is 19.4 Å². The van der Waals surface area contributed by atoms with Gasteiger partial charge in [0, 0.05) is 36.9 Å². The van der Waals surface area contributed by atoms with Gasteiger partial charge < -0.3 is 29.6 Å². The number of methoxy groups -OCH3 is 2. The number of para-hydroxylation sites is 2.